The van der Waals surface area contributed by atoms with Crippen LogP contribution in [0.15, 0.2) is 12.4 Å². The number of aryl methyl sites for hydroxylation is 1. The van der Waals surface area contributed by atoms with Gasteiger partial charge in [-0.05, 0) is 37.4 Å². The molecule has 2 aromatic rings. The summed E-state index contributed by atoms with van der Waals surface area (Å²) in [4.78, 5) is 8.74. The molecule has 0 radical (unpaired) electrons. The van der Waals surface area contributed by atoms with Crippen molar-refractivity contribution in [2.45, 2.75) is 32.1 Å². The van der Waals surface area contributed by atoms with Crippen LogP contribution in [0.3, 0.4) is 0 Å². The average Bonchev–Trinajstić information content (AvgIpc) is 2.81. The smallest absolute Gasteiger partial charge is 0.252 e. The lowest BCUT2D eigenvalue weighted by Gasteiger charge is -2.22. The van der Waals surface area contributed by atoms with Crippen molar-refractivity contribution in [2.75, 3.05) is 13.1 Å². The second-order valence-corrected chi connectivity index (χ2v) is 4.54. The molecule has 1 fully saturated rings. The van der Waals surface area contributed by atoms with E-state index in [1.807, 2.05) is 10.7 Å². The number of nitrogens with one attached hydrogen (secondary N) is 1. The van der Waals surface area contributed by atoms with Gasteiger partial charge in [0.1, 0.15) is 0 Å². The normalized spacial score (nSPS) is 17.7. The van der Waals surface area contributed by atoms with E-state index in [1.165, 1.54) is 18.4 Å². The topological polar surface area (TPSA) is 55.1 Å². The Bertz CT molecular complexity index is 513. The molecule has 3 rings (SSSR count). The molecule has 17 heavy (non-hydrogen) atoms. The zero-order valence-corrected chi connectivity index (χ0v) is 10.1. The number of hydrogen-bond acceptors (Lipinski definition) is 4. The molecule has 0 bridgehead atoms. The Balaban J connectivity index is 1.94. The second-order valence-electron chi connectivity index (χ2n) is 4.54. The molecule has 5 nitrogen and oxygen atoms in total. The second kappa shape index (κ2) is 4.41. The van der Waals surface area contributed by atoms with Crippen LogP contribution in [-0.4, -0.2) is 32.7 Å². The van der Waals surface area contributed by atoms with Gasteiger partial charge in [-0.1, -0.05) is 6.92 Å². The van der Waals surface area contributed by atoms with Crippen LogP contribution >= 0.6 is 0 Å². The Labute approximate surface area is 100 Å². The molecule has 0 atom stereocenters. The van der Waals surface area contributed by atoms with E-state index in [1.54, 1.807) is 0 Å². The Morgan fingerprint density at radius 1 is 1.41 bits per heavy atom. The largest absolute Gasteiger partial charge is 0.317 e. The van der Waals surface area contributed by atoms with Gasteiger partial charge in [0.2, 0.25) is 0 Å². The van der Waals surface area contributed by atoms with Crippen LogP contribution in [0, 0.1) is 0 Å². The molecule has 1 aliphatic heterocycles. The van der Waals surface area contributed by atoms with Gasteiger partial charge in [0.05, 0.1) is 0 Å². The maximum absolute atomic E-state index is 4.41. The molecule has 0 spiro atoms. The highest BCUT2D eigenvalue weighted by molar-refractivity contribution is 5.29. The molecule has 1 aliphatic rings. The molecule has 0 unspecified atom stereocenters. The maximum atomic E-state index is 4.41. The predicted octanol–water partition coefficient (Wildman–Crippen LogP) is 1.15. The molecule has 5 heteroatoms. The van der Waals surface area contributed by atoms with Crippen LogP contribution in [-0.2, 0) is 6.42 Å². The average molecular weight is 231 g/mol. The van der Waals surface area contributed by atoms with Gasteiger partial charge in [-0.25, -0.2) is 9.50 Å². The standard InChI is InChI=1S/C12H17N5/c1-2-11-15-12-14-7-10(8-17(12)16-11)9-3-5-13-6-4-9/h7-9,13H,2-6H2,1H3. The number of rotatable bonds is 2. The van der Waals surface area contributed by atoms with Gasteiger partial charge in [0, 0.05) is 18.8 Å². The van der Waals surface area contributed by atoms with Gasteiger partial charge in [-0.3, -0.25) is 0 Å². The van der Waals surface area contributed by atoms with Crippen molar-refractivity contribution < 1.29 is 0 Å². The van der Waals surface area contributed by atoms with Crippen molar-refractivity contribution in [1.82, 2.24) is 24.9 Å². The van der Waals surface area contributed by atoms with Gasteiger partial charge in [0.25, 0.3) is 5.78 Å². The van der Waals surface area contributed by atoms with Gasteiger partial charge in [-0.15, -0.1) is 5.10 Å². The van der Waals surface area contributed by atoms with Crippen molar-refractivity contribution in [2.24, 2.45) is 0 Å². The lowest BCUT2D eigenvalue weighted by molar-refractivity contribution is 0.458. The lowest BCUT2D eigenvalue weighted by atomic mass is 9.92. The van der Waals surface area contributed by atoms with Crippen molar-refractivity contribution >= 4 is 5.78 Å². The van der Waals surface area contributed by atoms with Crippen molar-refractivity contribution in [3.05, 3.63) is 23.8 Å². The van der Waals surface area contributed by atoms with Crippen LogP contribution < -0.4 is 5.32 Å². The lowest BCUT2D eigenvalue weighted by Crippen LogP contribution is -2.26. The quantitative estimate of drug-likeness (QED) is 0.842. The molecule has 90 valence electrons. The van der Waals surface area contributed by atoms with E-state index in [9.17, 15) is 0 Å². The van der Waals surface area contributed by atoms with Crippen molar-refractivity contribution in [3.8, 4) is 0 Å². The van der Waals surface area contributed by atoms with Crippen molar-refractivity contribution in [1.29, 1.82) is 0 Å². The minimum atomic E-state index is 0.613. The monoisotopic (exact) mass is 231 g/mol. The first-order valence-corrected chi connectivity index (χ1v) is 6.28. The van der Waals surface area contributed by atoms with Gasteiger partial charge in [0.15, 0.2) is 5.82 Å². The first kappa shape index (κ1) is 10.7. The number of fused-ring (bicyclic) bond motifs is 1. The highest BCUT2D eigenvalue weighted by atomic mass is 15.3. The highest BCUT2D eigenvalue weighted by Gasteiger charge is 2.16. The third-order valence-corrected chi connectivity index (χ3v) is 3.38. The summed E-state index contributed by atoms with van der Waals surface area (Å²) in [5.41, 5.74) is 1.28. The summed E-state index contributed by atoms with van der Waals surface area (Å²) in [7, 11) is 0. The van der Waals surface area contributed by atoms with Crippen LogP contribution in [0.2, 0.25) is 0 Å². The predicted molar refractivity (Wildman–Crippen MR) is 65.0 cm³/mol. The Hall–Kier alpha value is -1.49. The SMILES string of the molecule is CCc1nc2ncc(C3CCNCC3)cn2n1. The highest BCUT2D eigenvalue weighted by Crippen LogP contribution is 2.24. The van der Waals surface area contributed by atoms with E-state index in [4.69, 9.17) is 0 Å². The first-order valence-electron chi connectivity index (χ1n) is 6.28. The van der Waals surface area contributed by atoms with Crippen LogP contribution in [0.5, 0.6) is 0 Å². The van der Waals surface area contributed by atoms with E-state index < -0.39 is 0 Å². The fourth-order valence-corrected chi connectivity index (χ4v) is 2.36. The molecular formula is C12H17N5. The summed E-state index contributed by atoms with van der Waals surface area (Å²) in [5, 5.41) is 7.79. The molecule has 2 aromatic heterocycles. The fourth-order valence-electron chi connectivity index (χ4n) is 2.36. The molecule has 0 aromatic carbocycles. The zero-order valence-electron chi connectivity index (χ0n) is 10.1. The fraction of sp³-hybridized carbons (Fsp3) is 0.583. The summed E-state index contributed by atoms with van der Waals surface area (Å²) >= 11 is 0. The van der Waals surface area contributed by atoms with E-state index in [-0.39, 0.29) is 0 Å². The maximum Gasteiger partial charge on any atom is 0.252 e. The molecule has 0 saturated carbocycles. The molecule has 0 aliphatic carbocycles. The summed E-state index contributed by atoms with van der Waals surface area (Å²) in [6.07, 6.45) is 7.26. The van der Waals surface area contributed by atoms with Gasteiger partial charge >= 0.3 is 0 Å². The minimum absolute atomic E-state index is 0.613. The van der Waals surface area contributed by atoms with Gasteiger partial charge in [-0.2, -0.15) is 4.98 Å². The first-order chi connectivity index (χ1) is 8.36. The Kier molecular flexibility index (Phi) is 2.76. The van der Waals surface area contributed by atoms with Crippen LogP contribution in [0.25, 0.3) is 5.78 Å². The third kappa shape index (κ3) is 2.02. The van der Waals surface area contributed by atoms with E-state index in [2.05, 4.69) is 33.5 Å². The molecular weight excluding hydrogens is 214 g/mol. The van der Waals surface area contributed by atoms with E-state index in [0.717, 1.165) is 25.3 Å². The van der Waals surface area contributed by atoms with Crippen LogP contribution in [0.4, 0.5) is 0 Å². The van der Waals surface area contributed by atoms with Gasteiger partial charge < -0.3 is 5.32 Å². The summed E-state index contributed by atoms with van der Waals surface area (Å²) < 4.78 is 1.82. The number of hydrogen-bond donors (Lipinski definition) is 1. The third-order valence-electron chi connectivity index (χ3n) is 3.38. The summed E-state index contributed by atoms with van der Waals surface area (Å²) in [6, 6.07) is 0. The number of aromatic nitrogens is 4. The molecule has 0 amide bonds. The number of piperidine rings is 1. The van der Waals surface area contributed by atoms with E-state index in [0.29, 0.717) is 11.7 Å². The summed E-state index contributed by atoms with van der Waals surface area (Å²) in [6.45, 7) is 4.25. The zero-order chi connectivity index (χ0) is 11.7. The number of nitrogens with zero attached hydrogens (tertiary/aromatic N) is 4. The van der Waals surface area contributed by atoms with Crippen molar-refractivity contribution in [3.63, 3.8) is 0 Å². The van der Waals surface area contributed by atoms with Crippen LogP contribution in [0.1, 0.15) is 37.1 Å². The molecule has 1 N–H and O–H groups in total. The summed E-state index contributed by atoms with van der Waals surface area (Å²) in [5.74, 6) is 2.18. The van der Waals surface area contributed by atoms with E-state index >= 15 is 0 Å². The molecule has 1 saturated heterocycles. The Morgan fingerprint density at radius 2 is 2.24 bits per heavy atom. The Morgan fingerprint density at radius 3 is 3.00 bits per heavy atom. The molecule has 3 heterocycles. The minimum Gasteiger partial charge on any atom is -0.317 e.